The van der Waals surface area contributed by atoms with Crippen LogP contribution in [0, 0.1) is 0 Å². The Morgan fingerprint density at radius 3 is 2.43 bits per heavy atom. The second-order valence-electron chi connectivity index (χ2n) is 6.66. The minimum atomic E-state index is 0.593. The molecule has 0 aliphatic heterocycles. The first kappa shape index (κ1) is 16.5. The molecular weight excluding hydrogens is 256 g/mol. The van der Waals surface area contributed by atoms with Crippen molar-refractivity contribution in [2.75, 3.05) is 20.1 Å². The summed E-state index contributed by atoms with van der Waals surface area (Å²) in [5, 5.41) is 3.43. The van der Waals surface area contributed by atoms with Gasteiger partial charge in [0.1, 0.15) is 0 Å². The van der Waals surface area contributed by atoms with Crippen LogP contribution >= 0.6 is 0 Å². The molecule has 118 valence electrons. The van der Waals surface area contributed by atoms with Crippen molar-refractivity contribution < 1.29 is 0 Å². The number of benzene rings is 1. The van der Waals surface area contributed by atoms with Crippen LogP contribution in [0.3, 0.4) is 0 Å². The molecule has 1 unspecified atom stereocenters. The maximum absolute atomic E-state index is 3.43. The second kappa shape index (κ2) is 8.55. The van der Waals surface area contributed by atoms with Gasteiger partial charge in [0, 0.05) is 19.1 Å². The predicted molar refractivity (Wildman–Crippen MR) is 91.7 cm³/mol. The molecule has 1 N–H and O–H groups in total. The van der Waals surface area contributed by atoms with Crippen molar-refractivity contribution in [1.82, 2.24) is 10.2 Å². The van der Waals surface area contributed by atoms with Gasteiger partial charge in [0.05, 0.1) is 0 Å². The second-order valence-corrected chi connectivity index (χ2v) is 6.66. The molecule has 1 atom stereocenters. The fourth-order valence-electron chi connectivity index (χ4n) is 3.37. The fourth-order valence-corrected chi connectivity index (χ4v) is 3.37. The van der Waals surface area contributed by atoms with E-state index in [2.05, 4.69) is 55.4 Å². The van der Waals surface area contributed by atoms with E-state index >= 15 is 0 Å². The van der Waals surface area contributed by atoms with Crippen LogP contribution in [0.2, 0.25) is 0 Å². The number of rotatable bonds is 7. The molecule has 2 nitrogen and oxygen atoms in total. The highest BCUT2D eigenvalue weighted by Gasteiger charge is 2.17. The van der Waals surface area contributed by atoms with Crippen molar-refractivity contribution in [1.29, 1.82) is 0 Å². The topological polar surface area (TPSA) is 15.3 Å². The lowest BCUT2D eigenvalue weighted by Crippen LogP contribution is -2.32. The molecule has 1 aliphatic rings. The molecule has 2 rings (SSSR count). The van der Waals surface area contributed by atoms with Gasteiger partial charge < -0.3 is 5.32 Å². The fraction of sp³-hybridized carbons (Fsp3) is 0.684. The van der Waals surface area contributed by atoms with Crippen LogP contribution in [0.15, 0.2) is 24.3 Å². The molecule has 1 fully saturated rings. The molecule has 21 heavy (non-hydrogen) atoms. The molecule has 1 aromatic rings. The van der Waals surface area contributed by atoms with Gasteiger partial charge in [-0.15, -0.1) is 0 Å². The van der Waals surface area contributed by atoms with E-state index in [4.69, 9.17) is 0 Å². The molecule has 1 aromatic carbocycles. The molecule has 1 aliphatic carbocycles. The highest BCUT2D eigenvalue weighted by atomic mass is 15.1. The normalized spacial score (nSPS) is 18.1. The molecule has 1 saturated carbocycles. The van der Waals surface area contributed by atoms with Crippen LogP contribution in [-0.2, 0) is 6.54 Å². The van der Waals surface area contributed by atoms with Crippen LogP contribution in [0.4, 0.5) is 0 Å². The van der Waals surface area contributed by atoms with E-state index in [-0.39, 0.29) is 0 Å². The largest absolute Gasteiger partial charge is 0.316 e. The van der Waals surface area contributed by atoms with Gasteiger partial charge in [-0.3, -0.25) is 4.90 Å². The van der Waals surface area contributed by atoms with Crippen molar-refractivity contribution in [2.24, 2.45) is 0 Å². The van der Waals surface area contributed by atoms with Crippen LogP contribution in [0.25, 0.3) is 0 Å². The first-order valence-corrected chi connectivity index (χ1v) is 8.70. The smallest absolute Gasteiger partial charge is 0.0233 e. The Kier molecular flexibility index (Phi) is 6.72. The minimum absolute atomic E-state index is 0.593. The van der Waals surface area contributed by atoms with Crippen LogP contribution in [0.1, 0.15) is 63.0 Å². The average molecular weight is 288 g/mol. The quantitative estimate of drug-likeness (QED) is 0.810. The van der Waals surface area contributed by atoms with Crippen molar-refractivity contribution >= 4 is 0 Å². The molecule has 0 spiro atoms. The van der Waals surface area contributed by atoms with Crippen LogP contribution in [-0.4, -0.2) is 31.1 Å². The first-order chi connectivity index (χ1) is 10.2. The summed E-state index contributed by atoms with van der Waals surface area (Å²) in [7, 11) is 2.29. The van der Waals surface area contributed by atoms with E-state index < -0.39 is 0 Å². The molecule has 0 saturated heterocycles. The van der Waals surface area contributed by atoms with Crippen molar-refractivity contribution in [3.05, 3.63) is 35.4 Å². The third kappa shape index (κ3) is 5.12. The molecule has 0 aromatic heterocycles. The average Bonchev–Trinajstić information content (AvgIpc) is 2.54. The standard InChI is InChI=1S/C19H32N2/c1-4-20-14-16(2)18-12-10-17(11-13-18)15-21(3)19-8-6-5-7-9-19/h10-13,16,19-20H,4-9,14-15H2,1-3H3. The Morgan fingerprint density at radius 1 is 1.14 bits per heavy atom. The van der Waals surface area contributed by atoms with Gasteiger partial charge in [0.2, 0.25) is 0 Å². The zero-order valence-electron chi connectivity index (χ0n) is 14.1. The van der Waals surface area contributed by atoms with Gasteiger partial charge in [0.15, 0.2) is 0 Å². The van der Waals surface area contributed by atoms with E-state index in [0.717, 1.165) is 25.7 Å². The Bertz CT molecular complexity index is 393. The summed E-state index contributed by atoms with van der Waals surface area (Å²) in [6, 6.07) is 10.1. The van der Waals surface area contributed by atoms with Gasteiger partial charge in [0.25, 0.3) is 0 Å². The lowest BCUT2D eigenvalue weighted by molar-refractivity contribution is 0.184. The van der Waals surface area contributed by atoms with E-state index in [9.17, 15) is 0 Å². The number of hydrogen-bond donors (Lipinski definition) is 1. The maximum atomic E-state index is 3.43. The lowest BCUT2D eigenvalue weighted by Gasteiger charge is -2.31. The number of nitrogens with zero attached hydrogens (tertiary/aromatic N) is 1. The Morgan fingerprint density at radius 2 is 1.81 bits per heavy atom. The van der Waals surface area contributed by atoms with E-state index in [1.807, 2.05) is 0 Å². The third-order valence-corrected chi connectivity index (χ3v) is 4.88. The zero-order chi connectivity index (χ0) is 15.1. The van der Waals surface area contributed by atoms with E-state index in [1.54, 1.807) is 0 Å². The van der Waals surface area contributed by atoms with Crippen molar-refractivity contribution in [2.45, 2.75) is 64.5 Å². The summed E-state index contributed by atoms with van der Waals surface area (Å²) >= 11 is 0. The summed E-state index contributed by atoms with van der Waals surface area (Å²) < 4.78 is 0. The Balaban J connectivity index is 1.86. The number of likely N-dealkylation sites (N-methyl/N-ethyl adjacent to an activating group) is 1. The van der Waals surface area contributed by atoms with Crippen molar-refractivity contribution in [3.63, 3.8) is 0 Å². The molecule has 0 bridgehead atoms. The van der Waals surface area contributed by atoms with Gasteiger partial charge in [-0.1, -0.05) is 57.4 Å². The zero-order valence-corrected chi connectivity index (χ0v) is 14.1. The first-order valence-electron chi connectivity index (χ1n) is 8.70. The maximum Gasteiger partial charge on any atom is 0.0233 e. The number of hydrogen-bond acceptors (Lipinski definition) is 2. The highest BCUT2D eigenvalue weighted by molar-refractivity contribution is 5.25. The summed E-state index contributed by atoms with van der Waals surface area (Å²) in [6.07, 6.45) is 7.02. The van der Waals surface area contributed by atoms with E-state index in [1.165, 1.54) is 43.2 Å². The highest BCUT2D eigenvalue weighted by Crippen LogP contribution is 2.23. The van der Waals surface area contributed by atoms with Gasteiger partial charge in [-0.2, -0.15) is 0 Å². The van der Waals surface area contributed by atoms with Gasteiger partial charge in [-0.05, 0) is 43.5 Å². The summed E-state index contributed by atoms with van der Waals surface area (Å²) in [6.45, 7) is 7.67. The monoisotopic (exact) mass is 288 g/mol. The Labute approximate surface area is 130 Å². The molecule has 0 amide bonds. The van der Waals surface area contributed by atoms with Gasteiger partial charge in [-0.25, -0.2) is 0 Å². The summed E-state index contributed by atoms with van der Waals surface area (Å²) in [5.41, 5.74) is 2.89. The summed E-state index contributed by atoms with van der Waals surface area (Å²) in [4.78, 5) is 2.55. The SMILES string of the molecule is CCNCC(C)c1ccc(CN(C)C2CCCCC2)cc1. The van der Waals surface area contributed by atoms with Crippen LogP contribution in [0.5, 0.6) is 0 Å². The molecule has 0 radical (unpaired) electrons. The van der Waals surface area contributed by atoms with Crippen LogP contribution < -0.4 is 5.32 Å². The van der Waals surface area contributed by atoms with Crippen molar-refractivity contribution in [3.8, 4) is 0 Å². The Hall–Kier alpha value is -0.860. The minimum Gasteiger partial charge on any atom is -0.316 e. The van der Waals surface area contributed by atoms with Gasteiger partial charge >= 0.3 is 0 Å². The summed E-state index contributed by atoms with van der Waals surface area (Å²) in [5.74, 6) is 0.593. The van der Waals surface area contributed by atoms with E-state index in [0.29, 0.717) is 5.92 Å². The molecular formula is C19H32N2. The molecule has 0 heterocycles. The predicted octanol–water partition coefficient (Wildman–Crippen LogP) is 4.16. The lowest BCUT2D eigenvalue weighted by atomic mass is 9.94. The molecule has 2 heteroatoms. The number of nitrogens with one attached hydrogen (secondary N) is 1. The third-order valence-electron chi connectivity index (χ3n) is 4.88.